The van der Waals surface area contributed by atoms with Crippen molar-refractivity contribution in [2.24, 2.45) is 5.92 Å². The van der Waals surface area contributed by atoms with E-state index in [2.05, 4.69) is 6.92 Å². The maximum absolute atomic E-state index is 12.1. The molecule has 1 fully saturated rings. The van der Waals surface area contributed by atoms with E-state index in [4.69, 9.17) is 9.78 Å². The highest BCUT2D eigenvalue weighted by Crippen LogP contribution is 2.32. The van der Waals surface area contributed by atoms with Crippen molar-refractivity contribution in [3.8, 4) is 11.1 Å². The van der Waals surface area contributed by atoms with E-state index in [9.17, 15) is 4.79 Å². The number of carbonyl (C=O) groups excluding carboxylic acids is 1. The third-order valence-electron chi connectivity index (χ3n) is 4.70. The monoisotopic (exact) mass is 323 g/mol. The van der Waals surface area contributed by atoms with Crippen LogP contribution in [0.25, 0.3) is 11.1 Å². The van der Waals surface area contributed by atoms with Gasteiger partial charge in [0.1, 0.15) is 6.10 Å². The van der Waals surface area contributed by atoms with E-state index in [1.807, 2.05) is 42.5 Å². The molecule has 0 atom stereocenters. The molecule has 0 heterocycles. The van der Waals surface area contributed by atoms with Crippen molar-refractivity contribution in [1.82, 2.24) is 0 Å². The first kappa shape index (κ1) is 16.7. The zero-order valence-electron chi connectivity index (χ0n) is 14.0. The number of carbonyl (C=O) groups is 1. The quantitative estimate of drug-likeness (QED) is 0.532. The van der Waals surface area contributed by atoms with Crippen molar-refractivity contribution in [2.45, 2.75) is 39.0 Å². The molecule has 3 heteroatoms. The lowest BCUT2D eigenvalue weighted by atomic mass is 9.86. The van der Waals surface area contributed by atoms with Gasteiger partial charge in [-0.25, -0.2) is 4.79 Å². The molecule has 0 aliphatic heterocycles. The summed E-state index contributed by atoms with van der Waals surface area (Å²) in [7, 11) is 0. The molecule has 125 valence electrons. The summed E-state index contributed by atoms with van der Waals surface area (Å²) in [4.78, 5) is 22.4. The van der Waals surface area contributed by atoms with Crippen LogP contribution >= 0.6 is 0 Å². The smallest absolute Gasteiger partial charge is 0.292 e. The van der Waals surface area contributed by atoms with Gasteiger partial charge in [0, 0.05) is 0 Å². The summed E-state index contributed by atoms with van der Waals surface area (Å²) in [6.07, 6.45) is 6.11. The molecule has 0 N–H and O–H groups in total. The minimum absolute atomic E-state index is 0.445. The first-order valence-electron chi connectivity index (χ1n) is 8.65. The van der Waals surface area contributed by atoms with E-state index in [-0.39, 0.29) is 0 Å². The highest BCUT2D eigenvalue weighted by Gasteiger charge is 2.23. The molecule has 0 spiro atoms. The number of rotatable bonds is 5. The van der Waals surface area contributed by atoms with Crippen molar-refractivity contribution in [3.05, 3.63) is 66.3 Å². The Balaban J connectivity index is 1.52. The predicted octanol–water partition coefficient (Wildman–Crippen LogP) is 5.57. The number of hydrogen-bond acceptors (Lipinski definition) is 3. The lowest BCUT2D eigenvalue weighted by Crippen LogP contribution is -2.17. The summed E-state index contributed by atoms with van der Waals surface area (Å²) in [6, 6.07) is 17.4. The number of benzene rings is 2. The Morgan fingerprint density at radius 3 is 2.21 bits per heavy atom. The molecule has 0 saturated heterocycles. The van der Waals surface area contributed by atoms with Crippen LogP contribution in [-0.2, 0) is 9.78 Å². The zero-order chi connectivity index (χ0) is 16.8. The fourth-order valence-electron chi connectivity index (χ4n) is 3.07. The first-order valence-corrected chi connectivity index (χ1v) is 8.65. The van der Waals surface area contributed by atoms with Crippen LogP contribution in [0.3, 0.4) is 0 Å². The highest BCUT2D eigenvalue weighted by atomic mass is 17.2. The van der Waals surface area contributed by atoms with Gasteiger partial charge in [-0.3, -0.25) is 4.89 Å². The molecule has 0 unspecified atom stereocenters. The predicted molar refractivity (Wildman–Crippen MR) is 93.9 cm³/mol. The lowest BCUT2D eigenvalue weighted by Gasteiger charge is -2.25. The average molecular weight is 323 g/mol. The fourth-order valence-corrected chi connectivity index (χ4v) is 3.07. The summed E-state index contributed by atoms with van der Waals surface area (Å²) in [5.41, 5.74) is 2.69. The number of hydrogen-bond donors (Lipinski definition) is 0. The van der Waals surface area contributed by atoms with Crippen LogP contribution in [0.2, 0.25) is 0 Å². The molecule has 2 aromatic carbocycles. The third-order valence-corrected chi connectivity index (χ3v) is 4.70. The van der Waals surface area contributed by atoms with Gasteiger partial charge in [-0.15, -0.1) is 0 Å². The summed E-state index contributed by atoms with van der Waals surface area (Å²) in [5.74, 6) is 0.332. The van der Waals surface area contributed by atoms with Crippen molar-refractivity contribution in [3.63, 3.8) is 0 Å². The largest absolute Gasteiger partial charge is 0.373 e. The average Bonchev–Trinajstić information content (AvgIpc) is 2.67. The van der Waals surface area contributed by atoms with Gasteiger partial charge in [0.2, 0.25) is 0 Å². The molecular weight excluding hydrogens is 300 g/mol. The van der Waals surface area contributed by atoms with Crippen LogP contribution in [0, 0.1) is 12.0 Å². The summed E-state index contributed by atoms with van der Waals surface area (Å²) >= 11 is 0. The molecule has 0 amide bonds. The SMILES string of the molecule is CCC1CC[C](OOC(=O)c2ccc(-c3ccccc3)cc2)CC1. The van der Waals surface area contributed by atoms with E-state index in [1.165, 1.54) is 6.42 Å². The van der Waals surface area contributed by atoms with E-state index in [1.54, 1.807) is 12.1 Å². The second-order valence-corrected chi connectivity index (χ2v) is 6.29. The van der Waals surface area contributed by atoms with Gasteiger partial charge in [-0.05, 0) is 54.9 Å². The van der Waals surface area contributed by atoms with Gasteiger partial charge in [0.15, 0.2) is 0 Å². The Labute approximate surface area is 143 Å². The standard InChI is InChI=1S/C21H23O3/c1-2-16-8-14-20(15-9-16)23-24-21(22)19-12-10-18(11-13-19)17-6-4-3-5-7-17/h3-7,10-13,16H,2,8-9,14-15H2,1H3. The molecule has 3 rings (SSSR count). The van der Waals surface area contributed by atoms with Gasteiger partial charge >= 0.3 is 5.97 Å². The molecule has 1 aliphatic carbocycles. The van der Waals surface area contributed by atoms with E-state index >= 15 is 0 Å². The van der Waals surface area contributed by atoms with E-state index in [0.29, 0.717) is 5.56 Å². The van der Waals surface area contributed by atoms with Crippen LogP contribution in [0.15, 0.2) is 54.6 Å². The van der Waals surface area contributed by atoms with Crippen LogP contribution in [0.5, 0.6) is 0 Å². The highest BCUT2D eigenvalue weighted by molar-refractivity contribution is 5.89. The molecule has 2 aromatic rings. The molecule has 24 heavy (non-hydrogen) atoms. The Kier molecular flexibility index (Phi) is 5.65. The normalized spacial score (nSPS) is 16.0. The summed E-state index contributed by atoms with van der Waals surface area (Å²) in [5, 5.41) is 0. The maximum atomic E-state index is 12.1. The van der Waals surface area contributed by atoms with Crippen molar-refractivity contribution in [1.29, 1.82) is 0 Å². The van der Waals surface area contributed by atoms with Crippen molar-refractivity contribution in [2.75, 3.05) is 0 Å². The molecule has 1 aliphatic rings. The first-order chi connectivity index (χ1) is 11.8. The topological polar surface area (TPSA) is 35.5 Å². The van der Waals surface area contributed by atoms with Gasteiger partial charge < -0.3 is 0 Å². The third kappa shape index (κ3) is 4.24. The Morgan fingerprint density at radius 1 is 0.958 bits per heavy atom. The van der Waals surface area contributed by atoms with Gasteiger partial charge in [-0.2, -0.15) is 4.89 Å². The van der Waals surface area contributed by atoms with Gasteiger partial charge in [0.25, 0.3) is 0 Å². The van der Waals surface area contributed by atoms with Gasteiger partial charge in [0.05, 0.1) is 5.56 Å². The van der Waals surface area contributed by atoms with Gasteiger partial charge in [-0.1, -0.05) is 55.8 Å². The molecule has 3 nitrogen and oxygen atoms in total. The van der Waals surface area contributed by atoms with Crippen LogP contribution in [0.4, 0.5) is 0 Å². The van der Waals surface area contributed by atoms with E-state index < -0.39 is 5.97 Å². The van der Waals surface area contributed by atoms with Crippen molar-refractivity contribution < 1.29 is 14.6 Å². The maximum Gasteiger partial charge on any atom is 0.373 e. The molecule has 1 saturated carbocycles. The second-order valence-electron chi connectivity index (χ2n) is 6.29. The Hall–Kier alpha value is -2.13. The minimum Gasteiger partial charge on any atom is -0.292 e. The van der Waals surface area contributed by atoms with Crippen LogP contribution < -0.4 is 0 Å². The molecule has 0 aromatic heterocycles. The van der Waals surface area contributed by atoms with Crippen molar-refractivity contribution >= 4 is 5.97 Å². The minimum atomic E-state index is -0.445. The zero-order valence-corrected chi connectivity index (χ0v) is 14.0. The Morgan fingerprint density at radius 2 is 1.58 bits per heavy atom. The Bertz CT molecular complexity index is 641. The molecular formula is C21H23O3. The lowest BCUT2D eigenvalue weighted by molar-refractivity contribution is -0.240. The molecule has 0 bridgehead atoms. The van der Waals surface area contributed by atoms with Crippen LogP contribution in [-0.4, -0.2) is 5.97 Å². The van der Waals surface area contributed by atoms with Crippen LogP contribution in [0.1, 0.15) is 49.4 Å². The van der Waals surface area contributed by atoms with E-state index in [0.717, 1.165) is 48.8 Å². The fraction of sp³-hybridized carbons (Fsp3) is 0.333. The molecule has 1 radical (unpaired) electrons. The summed E-state index contributed by atoms with van der Waals surface area (Å²) in [6.45, 7) is 2.22. The second kappa shape index (κ2) is 8.11. The summed E-state index contributed by atoms with van der Waals surface area (Å²) < 4.78 is 0.